The number of hydrogen-bond acceptors (Lipinski definition) is 3. The number of nitrogens with one attached hydrogen (secondary N) is 1. The van der Waals surface area contributed by atoms with Gasteiger partial charge < -0.3 is 11.5 Å². The third-order valence-electron chi connectivity index (χ3n) is 1.76. The standard InChI is InChI=1S/C7H7BrN4/c8-4-2-1-3-6(5(4)9)11-12-7(3)10/h1-2H,9H2,(H3,10,11,12). The topological polar surface area (TPSA) is 80.7 Å². The van der Waals surface area contributed by atoms with E-state index in [9.17, 15) is 0 Å². The largest absolute Gasteiger partial charge is 0.396 e. The smallest absolute Gasteiger partial charge is 0.153 e. The second-order valence-corrected chi connectivity index (χ2v) is 3.35. The maximum absolute atomic E-state index is 5.76. The molecule has 2 aromatic rings. The van der Waals surface area contributed by atoms with Crippen molar-refractivity contribution in [3.05, 3.63) is 16.6 Å². The lowest BCUT2D eigenvalue weighted by atomic mass is 10.2. The summed E-state index contributed by atoms with van der Waals surface area (Å²) in [5.41, 5.74) is 12.8. The number of rotatable bonds is 0. The van der Waals surface area contributed by atoms with Crippen LogP contribution in [0, 0.1) is 0 Å². The Labute approximate surface area is 77.1 Å². The lowest BCUT2D eigenvalue weighted by Crippen LogP contribution is -1.88. The van der Waals surface area contributed by atoms with Crippen molar-refractivity contribution in [2.45, 2.75) is 0 Å². The van der Waals surface area contributed by atoms with Crippen molar-refractivity contribution >= 4 is 38.3 Å². The molecule has 1 aromatic heterocycles. The first-order valence-electron chi connectivity index (χ1n) is 3.37. The van der Waals surface area contributed by atoms with E-state index in [2.05, 4.69) is 26.1 Å². The highest BCUT2D eigenvalue weighted by atomic mass is 79.9. The monoisotopic (exact) mass is 226 g/mol. The van der Waals surface area contributed by atoms with Crippen LogP contribution in [0.2, 0.25) is 0 Å². The van der Waals surface area contributed by atoms with Crippen molar-refractivity contribution in [1.82, 2.24) is 10.2 Å². The molecular formula is C7H7BrN4. The lowest BCUT2D eigenvalue weighted by molar-refractivity contribution is 1.13. The molecule has 0 fully saturated rings. The van der Waals surface area contributed by atoms with Gasteiger partial charge >= 0.3 is 0 Å². The average molecular weight is 227 g/mol. The van der Waals surface area contributed by atoms with Gasteiger partial charge in [-0.15, -0.1) is 0 Å². The number of anilines is 2. The summed E-state index contributed by atoms with van der Waals surface area (Å²) in [5.74, 6) is 0.476. The van der Waals surface area contributed by atoms with Gasteiger partial charge in [0, 0.05) is 9.86 Å². The van der Waals surface area contributed by atoms with Crippen LogP contribution in [0.15, 0.2) is 16.6 Å². The SMILES string of the molecule is Nc1n[nH]c2c(N)c(Br)ccc12. The molecule has 5 heteroatoms. The summed E-state index contributed by atoms with van der Waals surface area (Å²) in [7, 11) is 0. The molecule has 4 nitrogen and oxygen atoms in total. The first-order valence-corrected chi connectivity index (χ1v) is 4.17. The molecule has 1 aromatic carbocycles. The Kier molecular flexibility index (Phi) is 1.47. The number of hydrogen-bond donors (Lipinski definition) is 3. The van der Waals surface area contributed by atoms with E-state index in [0.29, 0.717) is 11.5 Å². The molecule has 0 saturated heterocycles. The number of nitrogens with two attached hydrogens (primary N) is 2. The predicted molar refractivity (Wildman–Crippen MR) is 52.6 cm³/mol. The third-order valence-corrected chi connectivity index (χ3v) is 2.45. The highest BCUT2D eigenvalue weighted by Crippen LogP contribution is 2.29. The normalized spacial score (nSPS) is 10.8. The van der Waals surface area contributed by atoms with Crippen molar-refractivity contribution in [1.29, 1.82) is 0 Å². The minimum atomic E-state index is 0.476. The van der Waals surface area contributed by atoms with Gasteiger partial charge in [-0.3, -0.25) is 5.10 Å². The van der Waals surface area contributed by atoms with E-state index >= 15 is 0 Å². The molecule has 0 atom stereocenters. The number of H-pyrrole nitrogens is 1. The molecule has 1 heterocycles. The quantitative estimate of drug-likeness (QED) is 0.596. The number of fused-ring (bicyclic) bond motifs is 1. The summed E-state index contributed by atoms with van der Waals surface area (Å²) >= 11 is 3.31. The fourth-order valence-corrected chi connectivity index (χ4v) is 1.43. The van der Waals surface area contributed by atoms with Gasteiger partial charge in [-0.05, 0) is 28.1 Å². The number of halogens is 1. The molecule has 62 valence electrons. The van der Waals surface area contributed by atoms with Gasteiger partial charge in [0.05, 0.1) is 11.2 Å². The predicted octanol–water partition coefficient (Wildman–Crippen LogP) is 1.49. The molecule has 0 aliphatic rings. The summed E-state index contributed by atoms with van der Waals surface area (Å²) in [6.45, 7) is 0. The molecule has 12 heavy (non-hydrogen) atoms. The van der Waals surface area contributed by atoms with Crippen LogP contribution in [0.5, 0.6) is 0 Å². The van der Waals surface area contributed by atoms with Crippen molar-refractivity contribution in [3.8, 4) is 0 Å². The molecule has 0 aliphatic heterocycles. The van der Waals surface area contributed by atoms with Crippen LogP contribution in [0.4, 0.5) is 11.5 Å². The first kappa shape index (κ1) is 7.42. The van der Waals surface area contributed by atoms with Crippen molar-refractivity contribution in [2.75, 3.05) is 11.5 Å². The van der Waals surface area contributed by atoms with Crippen LogP contribution >= 0.6 is 15.9 Å². The van der Waals surface area contributed by atoms with Gasteiger partial charge in [-0.1, -0.05) is 0 Å². The maximum Gasteiger partial charge on any atom is 0.153 e. The molecule has 0 aliphatic carbocycles. The Bertz CT molecular complexity index is 434. The minimum Gasteiger partial charge on any atom is -0.396 e. The molecule has 2 rings (SSSR count). The van der Waals surface area contributed by atoms with E-state index in [1.165, 1.54) is 0 Å². The van der Waals surface area contributed by atoms with E-state index in [1.807, 2.05) is 12.1 Å². The van der Waals surface area contributed by atoms with Crippen molar-refractivity contribution in [2.24, 2.45) is 0 Å². The van der Waals surface area contributed by atoms with Gasteiger partial charge in [0.2, 0.25) is 0 Å². The Balaban J connectivity index is 2.93. The van der Waals surface area contributed by atoms with Gasteiger partial charge in [-0.2, -0.15) is 5.10 Å². The lowest BCUT2D eigenvalue weighted by Gasteiger charge is -1.97. The number of aromatic amines is 1. The summed E-state index contributed by atoms with van der Waals surface area (Å²) < 4.78 is 0.846. The second-order valence-electron chi connectivity index (χ2n) is 2.49. The van der Waals surface area contributed by atoms with E-state index in [1.54, 1.807) is 0 Å². The van der Waals surface area contributed by atoms with Gasteiger partial charge in [0.15, 0.2) is 5.82 Å². The second kappa shape index (κ2) is 2.38. The highest BCUT2D eigenvalue weighted by molar-refractivity contribution is 9.10. The Morgan fingerprint density at radius 2 is 2.08 bits per heavy atom. The summed E-state index contributed by atoms with van der Waals surface area (Å²) in [5, 5.41) is 7.47. The molecule has 0 amide bonds. The molecule has 5 N–H and O–H groups in total. The maximum atomic E-state index is 5.76. The van der Waals surface area contributed by atoms with Crippen LogP contribution in [0.25, 0.3) is 10.9 Å². The van der Waals surface area contributed by atoms with E-state index < -0.39 is 0 Å². The van der Waals surface area contributed by atoms with Crippen LogP contribution in [0.3, 0.4) is 0 Å². The van der Waals surface area contributed by atoms with E-state index in [4.69, 9.17) is 11.5 Å². The Morgan fingerprint density at radius 1 is 1.33 bits per heavy atom. The van der Waals surface area contributed by atoms with Gasteiger partial charge in [0.1, 0.15) is 0 Å². The fraction of sp³-hybridized carbons (Fsp3) is 0. The molecule has 0 bridgehead atoms. The van der Waals surface area contributed by atoms with Crippen molar-refractivity contribution in [3.63, 3.8) is 0 Å². The summed E-state index contributed by atoms with van der Waals surface area (Å²) in [6.07, 6.45) is 0. The number of aromatic nitrogens is 2. The van der Waals surface area contributed by atoms with E-state index in [-0.39, 0.29) is 0 Å². The minimum absolute atomic E-state index is 0.476. The van der Waals surface area contributed by atoms with Crippen LogP contribution in [-0.4, -0.2) is 10.2 Å². The molecule has 0 saturated carbocycles. The number of nitrogen functional groups attached to an aromatic ring is 2. The Hall–Kier alpha value is -1.23. The zero-order valence-electron chi connectivity index (χ0n) is 6.13. The molecular weight excluding hydrogens is 220 g/mol. The van der Waals surface area contributed by atoms with Gasteiger partial charge in [-0.25, -0.2) is 0 Å². The first-order chi connectivity index (χ1) is 5.70. The third kappa shape index (κ3) is 0.863. The average Bonchev–Trinajstić information content (AvgIpc) is 2.41. The number of benzene rings is 1. The molecule has 0 radical (unpaired) electrons. The van der Waals surface area contributed by atoms with Crippen LogP contribution in [-0.2, 0) is 0 Å². The van der Waals surface area contributed by atoms with Crippen molar-refractivity contribution < 1.29 is 0 Å². The fourth-order valence-electron chi connectivity index (χ4n) is 1.10. The van der Waals surface area contributed by atoms with Crippen LogP contribution in [0.1, 0.15) is 0 Å². The summed E-state index contributed by atoms with van der Waals surface area (Å²) in [6, 6.07) is 3.72. The zero-order valence-corrected chi connectivity index (χ0v) is 7.72. The van der Waals surface area contributed by atoms with E-state index in [0.717, 1.165) is 15.4 Å². The Morgan fingerprint density at radius 3 is 2.83 bits per heavy atom. The molecule has 0 spiro atoms. The zero-order chi connectivity index (χ0) is 8.72. The summed E-state index contributed by atoms with van der Waals surface area (Å²) in [4.78, 5) is 0. The van der Waals surface area contributed by atoms with Gasteiger partial charge in [0.25, 0.3) is 0 Å². The van der Waals surface area contributed by atoms with Crippen LogP contribution < -0.4 is 11.5 Å². The molecule has 0 unspecified atom stereocenters. The number of nitrogens with zero attached hydrogens (tertiary/aromatic N) is 1. The highest BCUT2D eigenvalue weighted by Gasteiger charge is 2.06.